The Kier molecular flexibility index (Phi) is 5.00. The van der Waals surface area contributed by atoms with Crippen LogP contribution >= 0.6 is 0 Å². The van der Waals surface area contributed by atoms with E-state index in [1.165, 1.54) is 0 Å². The number of aryl methyl sites for hydroxylation is 1. The molecule has 0 N–H and O–H groups in total. The first-order chi connectivity index (χ1) is 15.0. The van der Waals surface area contributed by atoms with Crippen molar-refractivity contribution in [2.24, 2.45) is 0 Å². The van der Waals surface area contributed by atoms with E-state index < -0.39 is 17.5 Å². The molecule has 1 amide bonds. The van der Waals surface area contributed by atoms with Crippen LogP contribution < -0.4 is 0 Å². The SMILES string of the molecule is Cc1cc(-c2cnc(C3CC3)nc2C2CCN(C(=O)c3cc(F)ccc3F)CC2)on1. The molecule has 6 nitrogen and oxygen atoms in total. The fourth-order valence-electron chi connectivity index (χ4n) is 4.13. The molecule has 1 saturated heterocycles. The summed E-state index contributed by atoms with van der Waals surface area (Å²) in [6.07, 6.45) is 5.36. The molecule has 0 unspecified atom stereocenters. The van der Waals surface area contributed by atoms with Gasteiger partial charge in [0.05, 0.1) is 22.5 Å². The minimum atomic E-state index is -0.707. The Labute approximate surface area is 178 Å². The maximum atomic E-state index is 14.0. The zero-order valence-electron chi connectivity index (χ0n) is 17.1. The maximum Gasteiger partial charge on any atom is 0.256 e. The lowest BCUT2D eigenvalue weighted by molar-refractivity contribution is 0.0706. The number of hydrogen-bond donors (Lipinski definition) is 0. The van der Waals surface area contributed by atoms with Gasteiger partial charge in [-0.2, -0.15) is 0 Å². The highest BCUT2D eigenvalue weighted by Crippen LogP contribution is 2.41. The minimum absolute atomic E-state index is 0.113. The van der Waals surface area contributed by atoms with E-state index >= 15 is 0 Å². The third-order valence-electron chi connectivity index (χ3n) is 6.00. The van der Waals surface area contributed by atoms with Gasteiger partial charge in [-0.1, -0.05) is 5.16 Å². The van der Waals surface area contributed by atoms with E-state index in [9.17, 15) is 13.6 Å². The predicted molar refractivity (Wildman–Crippen MR) is 108 cm³/mol. The van der Waals surface area contributed by atoms with Crippen LogP contribution in [-0.2, 0) is 0 Å². The lowest BCUT2D eigenvalue weighted by atomic mass is 9.89. The Morgan fingerprint density at radius 3 is 2.55 bits per heavy atom. The van der Waals surface area contributed by atoms with Crippen LogP contribution in [0, 0.1) is 18.6 Å². The predicted octanol–water partition coefficient (Wildman–Crippen LogP) is 4.62. The van der Waals surface area contributed by atoms with Crippen molar-refractivity contribution in [1.29, 1.82) is 0 Å². The van der Waals surface area contributed by atoms with Crippen molar-refractivity contribution >= 4 is 5.91 Å². The van der Waals surface area contributed by atoms with E-state index in [-0.39, 0.29) is 11.5 Å². The number of aromatic nitrogens is 3. The van der Waals surface area contributed by atoms with Crippen LogP contribution in [0.4, 0.5) is 8.78 Å². The van der Waals surface area contributed by atoms with E-state index in [1.807, 2.05) is 19.2 Å². The number of nitrogens with zero attached hydrogens (tertiary/aromatic N) is 4. The van der Waals surface area contributed by atoms with Crippen LogP contribution in [0.5, 0.6) is 0 Å². The molecule has 1 saturated carbocycles. The van der Waals surface area contributed by atoms with E-state index in [0.717, 1.165) is 53.8 Å². The van der Waals surface area contributed by atoms with Crippen LogP contribution in [0.15, 0.2) is 35.0 Å². The molecule has 5 rings (SSSR count). The number of halogens is 2. The summed E-state index contributed by atoms with van der Waals surface area (Å²) < 4.78 is 33.0. The van der Waals surface area contributed by atoms with Gasteiger partial charge in [0, 0.05) is 37.2 Å². The van der Waals surface area contributed by atoms with Crippen LogP contribution in [0.2, 0.25) is 0 Å². The molecule has 8 heteroatoms. The molecule has 3 heterocycles. The van der Waals surface area contributed by atoms with Crippen molar-refractivity contribution in [2.75, 3.05) is 13.1 Å². The standard InChI is InChI=1S/C23H22F2N4O2/c1-13-10-20(31-28-13)18-12-26-22(15-2-3-15)27-21(18)14-6-8-29(9-7-14)23(30)17-11-16(24)4-5-19(17)25/h4-5,10-12,14-15H,2-3,6-9H2,1H3. The molecular weight excluding hydrogens is 402 g/mol. The monoisotopic (exact) mass is 424 g/mol. The topological polar surface area (TPSA) is 72.1 Å². The molecule has 2 aliphatic rings. The van der Waals surface area contributed by atoms with E-state index in [2.05, 4.69) is 10.1 Å². The molecule has 1 aromatic carbocycles. The van der Waals surface area contributed by atoms with Crippen molar-refractivity contribution < 1.29 is 18.1 Å². The zero-order chi connectivity index (χ0) is 21.5. The van der Waals surface area contributed by atoms with Crippen molar-refractivity contribution in [3.05, 3.63) is 64.9 Å². The zero-order valence-corrected chi connectivity index (χ0v) is 17.1. The maximum absolute atomic E-state index is 14.0. The molecule has 1 aliphatic carbocycles. The highest BCUT2D eigenvalue weighted by molar-refractivity contribution is 5.94. The van der Waals surface area contributed by atoms with Gasteiger partial charge in [0.25, 0.3) is 5.91 Å². The Morgan fingerprint density at radius 2 is 1.87 bits per heavy atom. The summed E-state index contributed by atoms with van der Waals surface area (Å²) in [5, 5.41) is 3.98. The number of rotatable bonds is 4. The van der Waals surface area contributed by atoms with Crippen LogP contribution in [0.25, 0.3) is 11.3 Å². The van der Waals surface area contributed by atoms with Gasteiger partial charge in [-0.15, -0.1) is 0 Å². The summed E-state index contributed by atoms with van der Waals surface area (Å²) >= 11 is 0. The first kappa shape index (κ1) is 19.8. The molecular formula is C23H22F2N4O2. The Morgan fingerprint density at radius 1 is 1.10 bits per heavy atom. The number of amides is 1. The van der Waals surface area contributed by atoms with Crippen LogP contribution in [-0.4, -0.2) is 39.0 Å². The smallest absolute Gasteiger partial charge is 0.256 e. The third kappa shape index (κ3) is 3.94. The molecule has 0 spiro atoms. The van der Waals surface area contributed by atoms with Crippen molar-refractivity contribution in [3.63, 3.8) is 0 Å². The molecule has 3 aromatic rings. The molecule has 2 fully saturated rings. The number of hydrogen-bond acceptors (Lipinski definition) is 5. The second-order valence-electron chi connectivity index (χ2n) is 8.32. The fraction of sp³-hybridized carbons (Fsp3) is 0.391. The van der Waals surface area contributed by atoms with Crippen molar-refractivity contribution in [1.82, 2.24) is 20.0 Å². The van der Waals surface area contributed by atoms with Gasteiger partial charge in [0.2, 0.25) is 0 Å². The average molecular weight is 424 g/mol. The average Bonchev–Trinajstić information content (AvgIpc) is 3.55. The van der Waals surface area contributed by atoms with E-state index in [0.29, 0.717) is 37.6 Å². The number of carbonyl (C=O) groups excluding carboxylic acids is 1. The van der Waals surface area contributed by atoms with Gasteiger partial charge in [-0.05, 0) is 50.8 Å². The summed E-state index contributed by atoms with van der Waals surface area (Å²) in [6, 6.07) is 4.82. The summed E-state index contributed by atoms with van der Waals surface area (Å²) in [5.74, 6) is 0.208. The summed E-state index contributed by atoms with van der Waals surface area (Å²) in [4.78, 5) is 23.7. The molecule has 1 aliphatic heterocycles. The van der Waals surface area contributed by atoms with E-state index in [1.54, 1.807) is 4.90 Å². The number of piperidine rings is 1. The van der Waals surface area contributed by atoms with Crippen molar-refractivity contribution in [2.45, 2.75) is 44.4 Å². The van der Waals surface area contributed by atoms with Gasteiger partial charge < -0.3 is 9.42 Å². The third-order valence-corrected chi connectivity index (χ3v) is 6.00. The summed E-state index contributed by atoms with van der Waals surface area (Å²) in [5.41, 5.74) is 2.29. The largest absolute Gasteiger partial charge is 0.356 e. The van der Waals surface area contributed by atoms with Crippen LogP contribution in [0.1, 0.15) is 65.1 Å². The lowest BCUT2D eigenvalue weighted by Crippen LogP contribution is -2.38. The fourth-order valence-corrected chi connectivity index (χ4v) is 4.13. The molecule has 0 radical (unpaired) electrons. The second kappa shape index (κ2) is 7.83. The van der Waals surface area contributed by atoms with Crippen molar-refractivity contribution in [3.8, 4) is 11.3 Å². The Balaban J connectivity index is 1.38. The Hall–Kier alpha value is -3.16. The molecule has 31 heavy (non-hydrogen) atoms. The van der Waals surface area contributed by atoms with Gasteiger partial charge in [-0.3, -0.25) is 4.79 Å². The first-order valence-corrected chi connectivity index (χ1v) is 10.5. The van der Waals surface area contributed by atoms with Gasteiger partial charge in [0.15, 0.2) is 5.76 Å². The highest BCUT2D eigenvalue weighted by Gasteiger charge is 2.32. The first-order valence-electron chi connectivity index (χ1n) is 10.5. The molecule has 160 valence electrons. The second-order valence-corrected chi connectivity index (χ2v) is 8.32. The Bertz CT molecular complexity index is 1130. The normalized spacial score (nSPS) is 17.2. The van der Waals surface area contributed by atoms with E-state index in [4.69, 9.17) is 9.51 Å². The summed E-state index contributed by atoms with van der Waals surface area (Å²) in [6.45, 7) is 2.75. The lowest BCUT2D eigenvalue weighted by Gasteiger charge is -2.32. The number of likely N-dealkylation sites (tertiary alicyclic amines) is 1. The molecule has 0 atom stereocenters. The van der Waals surface area contributed by atoms with Gasteiger partial charge >= 0.3 is 0 Å². The number of carbonyl (C=O) groups is 1. The van der Waals surface area contributed by atoms with Gasteiger partial charge in [-0.25, -0.2) is 18.7 Å². The number of benzene rings is 1. The molecule has 0 bridgehead atoms. The highest BCUT2D eigenvalue weighted by atomic mass is 19.1. The quantitative estimate of drug-likeness (QED) is 0.611. The minimum Gasteiger partial charge on any atom is -0.356 e. The van der Waals surface area contributed by atoms with Crippen LogP contribution in [0.3, 0.4) is 0 Å². The summed E-state index contributed by atoms with van der Waals surface area (Å²) in [7, 11) is 0. The molecule has 2 aromatic heterocycles. The van der Waals surface area contributed by atoms with Gasteiger partial charge in [0.1, 0.15) is 17.5 Å².